The maximum Gasteiger partial charge on any atom is 0.293 e. The van der Waals surface area contributed by atoms with Crippen molar-refractivity contribution >= 4 is 60.9 Å². The number of thiophene rings is 1. The lowest BCUT2D eigenvalue weighted by atomic mass is 9.73. The number of H-pyrrole nitrogens is 1. The predicted molar refractivity (Wildman–Crippen MR) is 282 cm³/mol. The normalized spacial score (nSPS) is 21.1. The van der Waals surface area contributed by atoms with Crippen LogP contribution >= 0.6 is 11.3 Å². The fraction of sp³-hybridized carbons (Fsp3) is 0.418. The number of allylic oxidation sites excluding steroid dienone is 1. The van der Waals surface area contributed by atoms with Crippen LogP contribution in [0.3, 0.4) is 0 Å². The number of aromatic amines is 1. The van der Waals surface area contributed by atoms with Crippen molar-refractivity contribution in [1.29, 1.82) is 0 Å². The monoisotopic (exact) mass is 1050 g/mol. The number of piperazine rings is 1. The van der Waals surface area contributed by atoms with Crippen molar-refractivity contribution in [2.45, 2.75) is 101 Å². The molecule has 0 bridgehead atoms. The van der Waals surface area contributed by atoms with Crippen LogP contribution < -0.4 is 19.7 Å². The van der Waals surface area contributed by atoms with Gasteiger partial charge in [-0.15, -0.1) is 11.3 Å². The van der Waals surface area contributed by atoms with Gasteiger partial charge < -0.3 is 30.2 Å². The molecule has 4 heterocycles. The van der Waals surface area contributed by atoms with Crippen LogP contribution in [0.25, 0.3) is 27.7 Å². The Morgan fingerprint density at radius 1 is 0.959 bits per heavy atom. The lowest BCUT2D eigenvalue weighted by molar-refractivity contribution is -0.384. The molecule has 0 radical (unpaired) electrons. The van der Waals surface area contributed by atoms with Crippen LogP contribution in [0.5, 0.6) is 11.5 Å². The molecule has 0 unspecified atom stereocenters. The Labute approximate surface area is 432 Å². The van der Waals surface area contributed by atoms with Crippen molar-refractivity contribution in [1.82, 2.24) is 19.6 Å². The second kappa shape index (κ2) is 20.1. The Bertz CT molecular complexity index is 3250. The molecule has 5 N–H and O–H groups in total. The van der Waals surface area contributed by atoms with E-state index >= 15 is 8.78 Å². The number of nitro groups is 1. The molecular weight excluding hydrogens is 989 g/mol. The summed E-state index contributed by atoms with van der Waals surface area (Å²) < 4.78 is 67.3. The van der Waals surface area contributed by atoms with E-state index in [4.69, 9.17) is 4.74 Å². The van der Waals surface area contributed by atoms with Gasteiger partial charge in [0.05, 0.1) is 38.3 Å². The number of ether oxygens (including phenoxy) is 1. The van der Waals surface area contributed by atoms with Gasteiger partial charge in [-0.05, 0) is 159 Å². The zero-order valence-corrected chi connectivity index (χ0v) is 43.3. The van der Waals surface area contributed by atoms with Gasteiger partial charge >= 0.3 is 0 Å². The third-order valence-corrected chi connectivity index (χ3v) is 17.9. The van der Waals surface area contributed by atoms with E-state index in [1.807, 2.05) is 17.5 Å². The topological polar surface area (TPSA) is 203 Å². The second-order valence-corrected chi connectivity index (χ2v) is 24.2. The van der Waals surface area contributed by atoms with E-state index < -0.39 is 54.3 Å². The van der Waals surface area contributed by atoms with Gasteiger partial charge in [-0.2, -0.15) is 0 Å². The number of carbonyl (C=O) groups is 1. The molecule has 1 aliphatic heterocycles. The maximum absolute atomic E-state index is 15.6. The summed E-state index contributed by atoms with van der Waals surface area (Å²) in [6.07, 6.45) is 10.5. The first kappa shape index (κ1) is 51.2. The Hall–Kier alpha value is -6.25. The van der Waals surface area contributed by atoms with Gasteiger partial charge in [0.15, 0.2) is 0 Å². The molecule has 6 aromatic rings. The number of aromatic nitrogens is 2. The van der Waals surface area contributed by atoms with E-state index in [0.717, 1.165) is 67.1 Å². The number of benzene rings is 3. The summed E-state index contributed by atoms with van der Waals surface area (Å²) >= 11 is 1.49. The highest BCUT2D eigenvalue weighted by Gasteiger charge is 2.38. The molecule has 19 heteroatoms. The van der Waals surface area contributed by atoms with E-state index in [1.165, 1.54) is 59.0 Å². The van der Waals surface area contributed by atoms with Crippen molar-refractivity contribution < 1.29 is 41.9 Å². The zero-order chi connectivity index (χ0) is 52.2. The summed E-state index contributed by atoms with van der Waals surface area (Å²) in [5.74, 6) is -1.79. The van der Waals surface area contributed by atoms with Crippen LogP contribution in [0.1, 0.15) is 106 Å². The number of nitro benzene ring substituents is 1. The summed E-state index contributed by atoms with van der Waals surface area (Å²) in [5.41, 5.74) is 2.31. The minimum absolute atomic E-state index is 0.0405. The number of halogens is 2. The van der Waals surface area contributed by atoms with E-state index in [1.54, 1.807) is 31.3 Å². The van der Waals surface area contributed by atoms with E-state index in [0.29, 0.717) is 75.4 Å². The SMILES string of the molecule is CC1(C)CCC(CN2CCN(c3ccc(C(=O)NS(=O)(=O)c4ccc(NCC5CCC(C)(O)CC5)c([N+](=O)[O-])c4)c(Oc4cnc5[nH]ccc5c4)c3)CC2)=C(c2cc(-c3c(F)cc(C4(O)CCC4)cc3F)cs2)C1. The molecule has 2 saturated carbocycles. The highest BCUT2D eigenvalue weighted by Crippen LogP contribution is 2.47. The molecule has 0 atom stereocenters. The van der Waals surface area contributed by atoms with Gasteiger partial charge in [-0.1, -0.05) is 19.4 Å². The van der Waals surface area contributed by atoms with Crippen molar-refractivity contribution in [2.24, 2.45) is 11.3 Å². The second-order valence-electron chi connectivity index (χ2n) is 21.6. The van der Waals surface area contributed by atoms with Crippen LogP contribution in [0.2, 0.25) is 0 Å². The standard InChI is InChI=1S/C55H61F2N7O8S2/c1-53(2)15-11-36(43(29-53)49-24-37(33-73-49)50-44(56)25-38(26-45(50)57)55(67)13-4-14-55)32-62-19-21-63(22-20-62)39-5-7-42(48(27-39)72-40-23-35-12-18-58-51(35)60-31-40)52(65)61-74(70,71)41-6-8-46(47(28-41)64(68)69)59-30-34-9-16-54(3,66)17-10-34/h5-8,12,18,23-28,31,33-34,59,66-67H,4,9-11,13-17,19-22,29-30,32H2,1-3H3,(H,58,60)(H,61,65). The Morgan fingerprint density at radius 3 is 2.41 bits per heavy atom. The third kappa shape index (κ3) is 10.9. The van der Waals surface area contributed by atoms with Gasteiger partial charge in [0.25, 0.3) is 21.6 Å². The number of sulfonamides is 1. The third-order valence-electron chi connectivity index (χ3n) is 15.6. The molecule has 3 fully saturated rings. The molecule has 4 aliphatic rings. The molecule has 3 aliphatic carbocycles. The van der Waals surface area contributed by atoms with E-state index in [2.05, 4.69) is 43.7 Å². The number of anilines is 2. The number of nitrogens with one attached hydrogen (secondary N) is 3. The quantitative estimate of drug-likeness (QED) is 0.0482. The minimum atomic E-state index is -4.63. The van der Waals surface area contributed by atoms with Crippen LogP contribution in [-0.4, -0.2) is 89.2 Å². The molecule has 74 heavy (non-hydrogen) atoms. The molecule has 1 saturated heterocycles. The highest BCUT2D eigenvalue weighted by molar-refractivity contribution is 7.90. The number of aliphatic hydroxyl groups is 2. The molecule has 10 rings (SSSR count). The van der Waals surface area contributed by atoms with Crippen molar-refractivity contribution in [3.63, 3.8) is 0 Å². The smallest absolute Gasteiger partial charge is 0.293 e. The first-order valence-corrected chi connectivity index (χ1v) is 27.6. The number of nitrogens with zero attached hydrogens (tertiary/aromatic N) is 4. The fourth-order valence-corrected chi connectivity index (χ4v) is 12.8. The van der Waals surface area contributed by atoms with Gasteiger partial charge in [-0.25, -0.2) is 26.9 Å². The van der Waals surface area contributed by atoms with Crippen LogP contribution in [-0.2, 0) is 15.6 Å². The first-order chi connectivity index (χ1) is 35.2. The highest BCUT2D eigenvalue weighted by atomic mass is 32.2. The number of hydrogen-bond donors (Lipinski definition) is 5. The van der Waals surface area contributed by atoms with Crippen molar-refractivity contribution in [3.8, 4) is 22.6 Å². The van der Waals surface area contributed by atoms with Gasteiger partial charge in [0.1, 0.15) is 34.5 Å². The fourth-order valence-electron chi connectivity index (χ4n) is 10.8. The number of fused-ring (bicyclic) bond motifs is 1. The maximum atomic E-state index is 15.6. The van der Waals surface area contributed by atoms with Crippen molar-refractivity contribution in [2.75, 3.05) is 49.5 Å². The largest absolute Gasteiger partial charge is 0.455 e. The van der Waals surface area contributed by atoms with E-state index in [-0.39, 0.29) is 39.5 Å². The average molecular weight is 1050 g/mol. The number of amides is 1. The molecule has 15 nitrogen and oxygen atoms in total. The molecule has 0 spiro atoms. The average Bonchev–Trinajstić information content (AvgIpc) is 4.03. The summed E-state index contributed by atoms with van der Waals surface area (Å²) in [7, 11) is -4.63. The van der Waals surface area contributed by atoms with Gasteiger partial charge in [-0.3, -0.25) is 19.8 Å². The predicted octanol–water partition coefficient (Wildman–Crippen LogP) is 10.9. The number of hydrogen-bond acceptors (Lipinski definition) is 13. The Morgan fingerprint density at radius 2 is 1.70 bits per heavy atom. The Kier molecular flexibility index (Phi) is 13.9. The van der Waals surface area contributed by atoms with Crippen LogP contribution in [0.15, 0.2) is 95.0 Å². The van der Waals surface area contributed by atoms with Crippen molar-refractivity contribution in [3.05, 3.63) is 128 Å². The van der Waals surface area contributed by atoms with Gasteiger partial charge in [0.2, 0.25) is 0 Å². The molecule has 390 valence electrons. The lowest BCUT2D eigenvalue weighted by Gasteiger charge is -2.39. The Balaban J connectivity index is 0.850. The molecular formula is C55H61F2N7O8S2. The number of rotatable bonds is 15. The molecule has 3 aromatic carbocycles. The van der Waals surface area contributed by atoms with Crippen LogP contribution in [0, 0.1) is 33.1 Å². The number of carbonyl (C=O) groups excluding carboxylic acids is 1. The minimum Gasteiger partial charge on any atom is -0.455 e. The summed E-state index contributed by atoms with van der Waals surface area (Å²) in [6, 6.07) is 16.4. The summed E-state index contributed by atoms with van der Waals surface area (Å²) in [6.45, 7) is 10.1. The molecule has 3 aromatic heterocycles. The summed E-state index contributed by atoms with van der Waals surface area (Å²) in [5, 5.41) is 39.0. The number of pyridine rings is 1. The van der Waals surface area contributed by atoms with Crippen LogP contribution in [0.4, 0.5) is 25.8 Å². The molecule has 1 amide bonds. The summed E-state index contributed by atoms with van der Waals surface area (Å²) in [4.78, 5) is 38.2. The van der Waals surface area contributed by atoms with E-state index in [9.17, 15) is 33.5 Å². The zero-order valence-electron chi connectivity index (χ0n) is 41.7. The van der Waals surface area contributed by atoms with Gasteiger partial charge in [0, 0.05) is 73.5 Å². The first-order valence-electron chi connectivity index (χ1n) is 25.3. The lowest BCUT2D eigenvalue weighted by Crippen LogP contribution is -2.47.